The fourth-order valence-corrected chi connectivity index (χ4v) is 1.51. The third-order valence-corrected chi connectivity index (χ3v) is 2.42. The number of hydrogen-bond donors (Lipinski definition) is 2. The first-order valence-corrected chi connectivity index (χ1v) is 5.76. The molecule has 0 saturated heterocycles. The molecule has 0 bridgehead atoms. The van der Waals surface area contributed by atoms with E-state index in [2.05, 4.69) is 5.32 Å². The van der Waals surface area contributed by atoms with Crippen LogP contribution in [-0.2, 0) is 4.79 Å². The molecule has 0 aliphatic rings. The lowest BCUT2D eigenvalue weighted by Crippen LogP contribution is -2.50. The number of halogens is 1. The number of nitrogens with one attached hydrogen (secondary N) is 1. The maximum atomic E-state index is 13.0. The fourth-order valence-electron chi connectivity index (χ4n) is 1.51. The van der Waals surface area contributed by atoms with Crippen LogP contribution in [0.4, 0.5) is 14.9 Å². The third kappa shape index (κ3) is 4.57. The Balaban J connectivity index is 2.86. The van der Waals surface area contributed by atoms with Crippen LogP contribution >= 0.6 is 0 Å². The molecule has 0 aliphatic carbocycles. The zero-order valence-corrected chi connectivity index (χ0v) is 11.1. The number of anilines is 1. The maximum absolute atomic E-state index is 13.0. The van der Waals surface area contributed by atoms with Gasteiger partial charge < -0.3 is 15.3 Å². The molecule has 0 aromatic heterocycles. The summed E-state index contributed by atoms with van der Waals surface area (Å²) in [5.41, 5.74) is -0.375. The predicted molar refractivity (Wildman–Crippen MR) is 69.5 cm³/mol. The van der Waals surface area contributed by atoms with E-state index >= 15 is 0 Å². The Labute approximate surface area is 111 Å². The maximum Gasteiger partial charge on any atom is 0.323 e. The van der Waals surface area contributed by atoms with E-state index in [1.165, 1.54) is 29.2 Å². The molecule has 0 spiro atoms. The number of amides is 2. The molecule has 0 unspecified atom stereocenters. The van der Waals surface area contributed by atoms with Gasteiger partial charge in [-0.2, -0.15) is 0 Å². The first-order chi connectivity index (χ1) is 8.70. The number of hydrogen-bond acceptors (Lipinski definition) is 2. The van der Waals surface area contributed by atoms with Crippen LogP contribution in [0.3, 0.4) is 0 Å². The van der Waals surface area contributed by atoms with Gasteiger partial charge in [0, 0.05) is 11.2 Å². The minimum Gasteiger partial charge on any atom is -0.480 e. The molecule has 1 rings (SSSR count). The third-order valence-electron chi connectivity index (χ3n) is 2.42. The molecule has 0 fully saturated rings. The molecule has 2 N–H and O–H groups in total. The van der Waals surface area contributed by atoms with Crippen LogP contribution in [-0.4, -0.2) is 34.1 Å². The summed E-state index contributed by atoms with van der Waals surface area (Å²) in [5, 5.41) is 11.3. The monoisotopic (exact) mass is 268 g/mol. The van der Waals surface area contributed by atoms with Crippen molar-refractivity contribution in [1.82, 2.24) is 4.90 Å². The normalized spacial score (nSPS) is 10.9. The van der Waals surface area contributed by atoms with E-state index < -0.39 is 29.9 Å². The molecular formula is C13H17FN2O3. The zero-order chi connectivity index (χ0) is 14.6. The van der Waals surface area contributed by atoms with Crippen LogP contribution in [0.25, 0.3) is 0 Å². The van der Waals surface area contributed by atoms with Gasteiger partial charge in [0.05, 0.1) is 0 Å². The predicted octanol–water partition coefficient (Wildman–Crippen LogP) is 2.54. The first kappa shape index (κ1) is 14.9. The van der Waals surface area contributed by atoms with Crippen LogP contribution in [0.5, 0.6) is 0 Å². The molecular weight excluding hydrogens is 251 g/mol. The molecule has 2 amide bonds. The Morgan fingerprint density at radius 2 is 2.00 bits per heavy atom. The lowest BCUT2D eigenvalue weighted by Gasteiger charge is -2.34. The zero-order valence-electron chi connectivity index (χ0n) is 11.1. The topological polar surface area (TPSA) is 69.6 Å². The Bertz CT molecular complexity index is 483. The number of urea groups is 1. The Morgan fingerprint density at radius 1 is 1.37 bits per heavy atom. The van der Waals surface area contributed by atoms with Gasteiger partial charge in [-0.3, -0.25) is 4.79 Å². The van der Waals surface area contributed by atoms with E-state index in [1.807, 2.05) is 0 Å². The minimum atomic E-state index is -1.11. The Hall–Kier alpha value is -2.11. The van der Waals surface area contributed by atoms with E-state index in [1.54, 1.807) is 20.8 Å². The van der Waals surface area contributed by atoms with Crippen molar-refractivity contribution >= 4 is 17.7 Å². The molecule has 1 aromatic rings. The highest BCUT2D eigenvalue weighted by atomic mass is 19.1. The second-order valence-corrected chi connectivity index (χ2v) is 5.09. The van der Waals surface area contributed by atoms with Crippen LogP contribution in [0.15, 0.2) is 24.3 Å². The number of carboxylic acids is 1. The smallest absolute Gasteiger partial charge is 0.323 e. The summed E-state index contributed by atoms with van der Waals surface area (Å²) in [6.45, 7) is 4.74. The molecule has 0 atom stereocenters. The highest BCUT2D eigenvalue weighted by molar-refractivity contribution is 5.91. The van der Waals surface area contributed by atoms with Crippen molar-refractivity contribution in [3.63, 3.8) is 0 Å². The number of carboxylic acid groups (broad SMARTS) is 1. The van der Waals surface area contributed by atoms with Crippen molar-refractivity contribution in [1.29, 1.82) is 0 Å². The highest BCUT2D eigenvalue weighted by Crippen LogP contribution is 2.16. The van der Waals surface area contributed by atoms with Gasteiger partial charge in [0.1, 0.15) is 12.4 Å². The quantitative estimate of drug-likeness (QED) is 0.885. The van der Waals surface area contributed by atoms with E-state index in [-0.39, 0.29) is 5.69 Å². The van der Waals surface area contributed by atoms with Crippen LogP contribution in [0.1, 0.15) is 20.8 Å². The standard InChI is InChI=1S/C13H17FN2O3/c1-13(2,3)16(8-11(17)18)12(19)15-10-6-4-5-9(14)7-10/h4-7H,8H2,1-3H3,(H,15,19)(H,17,18). The lowest BCUT2D eigenvalue weighted by molar-refractivity contribution is -0.138. The lowest BCUT2D eigenvalue weighted by atomic mass is 10.1. The second-order valence-electron chi connectivity index (χ2n) is 5.09. The Kier molecular flexibility index (Phi) is 4.47. The van der Waals surface area contributed by atoms with Gasteiger partial charge in [-0.25, -0.2) is 9.18 Å². The number of rotatable bonds is 3. The SMILES string of the molecule is CC(C)(C)N(CC(=O)O)C(=O)Nc1cccc(F)c1. The number of carbonyl (C=O) groups excluding carboxylic acids is 1. The van der Waals surface area contributed by atoms with Crippen molar-refractivity contribution in [3.8, 4) is 0 Å². The molecule has 5 nitrogen and oxygen atoms in total. The second kappa shape index (κ2) is 5.69. The van der Waals surface area contributed by atoms with E-state index in [0.717, 1.165) is 0 Å². The van der Waals surface area contributed by atoms with Crippen molar-refractivity contribution in [2.45, 2.75) is 26.3 Å². The summed E-state index contributed by atoms with van der Waals surface area (Å²) in [6, 6.07) is 4.83. The summed E-state index contributed by atoms with van der Waals surface area (Å²) >= 11 is 0. The largest absolute Gasteiger partial charge is 0.480 e. The summed E-state index contributed by atoms with van der Waals surface area (Å²) in [7, 11) is 0. The van der Waals surface area contributed by atoms with Crippen LogP contribution in [0, 0.1) is 5.82 Å². The molecule has 0 aliphatic heterocycles. The number of carbonyl (C=O) groups is 2. The molecule has 6 heteroatoms. The summed E-state index contributed by atoms with van der Waals surface area (Å²) < 4.78 is 13.0. The van der Waals surface area contributed by atoms with Crippen molar-refractivity contribution in [3.05, 3.63) is 30.1 Å². The molecule has 0 heterocycles. The van der Waals surface area contributed by atoms with Gasteiger partial charge in [0.2, 0.25) is 0 Å². The number of benzene rings is 1. The fraction of sp³-hybridized carbons (Fsp3) is 0.385. The van der Waals surface area contributed by atoms with Crippen molar-refractivity contribution in [2.24, 2.45) is 0 Å². The van der Waals surface area contributed by atoms with Gasteiger partial charge >= 0.3 is 12.0 Å². The van der Waals surface area contributed by atoms with Gasteiger partial charge in [-0.15, -0.1) is 0 Å². The summed E-state index contributed by atoms with van der Waals surface area (Å²) in [4.78, 5) is 24.0. The van der Waals surface area contributed by atoms with Crippen LogP contribution < -0.4 is 5.32 Å². The summed E-state index contributed by atoms with van der Waals surface area (Å²) in [5.74, 6) is -1.58. The van der Waals surface area contributed by atoms with E-state index in [0.29, 0.717) is 0 Å². The van der Waals surface area contributed by atoms with E-state index in [9.17, 15) is 14.0 Å². The van der Waals surface area contributed by atoms with Gasteiger partial charge in [0.25, 0.3) is 0 Å². The average Bonchev–Trinajstić information content (AvgIpc) is 2.24. The van der Waals surface area contributed by atoms with E-state index in [4.69, 9.17) is 5.11 Å². The molecule has 1 aromatic carbocycles. The molecule has 19 heavy (non-hydrogen) atoms. The highest BCUT2D eigenvalue weighted by Gasteiger charge is 2.28. The van der Waals surface area contributed by atoms with Crippen molar-refractivity contribution in [2.75, 3.05) is 11.9 Å². The first-order valence-electron chi connectivity index (χ1n) is 5.76. The van der Waals surface area contributed by atoms with Gasteiger partial charge in [0.15, 0.2) is 0 Å². The van der Waals surface area contributed by atoms with Gasteiger partial charge in [-0.1, -0.05) is 6.07 Å². The molecule has 0 saturated carbocycles. The van der Waals surface area contributed by atoms with Crippen LogP contribution in [0.2, 0.25) is 0 Å². The number of nitrogens with zero attached hydrogens (tertiary/aromatic N) is 1. The minimum absolute atomic E-state index is 0.282. The van der Waals surface area contributed by atoms with Crippen molar-refractivity contribution < 1.29 is 19.1 Å². The average molecular weight is 268 g/mol. The summed E-state index contributed by atoms with van der Waals surface area (Å²) in [6.07, 6.45) is 0. The molecule has 0 radical (unpaired) electrons. The van der Waals surface area contributed by atoms with Gasteiger partial charge in [-0.05, 0) is 39.0 Å². The molecule has 104 valence electrons. The number of aliphatic carboxylic acids is 1. The Morgan fingerprint density at radius 3 is 2.47 bits per heavy atom.